The summed E-state index contributed by atoms with van der Waals surface area (Å²) in [6.07, 6.45) is 0.922. The summed E-state index contributed by atoms with van der Waals surface area (Å²) >= 11 is 0. The maximum Gasteiger partial charge on any atom is 0.252 e. The van der Waals surface area contributed by atoms with E-state index in [2.05, 4.69) is 5.32 Å². The summed E-state index contributed by atoms with van der Waals surface area (Å²) < 4.78 is 0. The van der Waals surface area contributed by atoms with Crippen molar-refractivity contribution in [1.29, 1.82) is 0 Å². The standard InChI is InChI=1S/C10H17N3O3/c1-3-6(11)4-8(14)12-7-5-9(15)13(2)10(7)16/h6-7H,3-5,11H2,1-2H3,(H,12,14). The van der Waals surface area contributed by atoms with Gasteiger partial charge in [0, 0.05) is 19.5 Å². The number of nitrogens with two attached hydrogens (primary N) is 1. The molecule has 0 aromatic heterocycles. The Labute approximate surface area is 94.2 Å². The van der Waals surface area contributed by atoms with Crippen molar-refractivity contribution in [1.82, 2.24) is 10.2 Å². The number of hydrogen-bond acceptors (Lipinski definition) is 4. The maximum atomic E-state index is 11.5. The van der Waals surface area contributed by atoms with Crippen LogP contribution in [0.4, 0.5) is 0 Å². The smallest absolute Gasteiger partial charge is 0.252 e. The van der Waals surface area contributed by atoms with E-state index in [0.717, 1.165) is 4.90 Å². The zero-order chi connectivity index (χ0) is 12.3. The van der Waals surface area contributed by atoms with Crippen LogP contribution in [0.2, 0.25) is 0 Å². The molecule has 1 aliphatic heterocycles. The SMILES string of the molecule is CCC(N)CC(=O)NC1CC(=O)N(C)C1=O. The predicted molar refractivity (Wildman–Crippen MR) is 57.2 cm³/mol. The second kappa shape index (κ2) is 5.07. The molecule has 0 bridgehead atoms. The number of amides is 3. The van der Waals surface area contributed by atoms with Crippen molar-refractivity contribution in [3.05, 3.63) is 0 Å². The topological polar surface area (TPSA) is 92.5 Å². The Bertz CT molecular complexity index is 316. The third kappa shape index (κ3) is 2.79. The van der Waals surface area contributed by atoms with E-state index >= 15 is 0 Å². The highest BCUT2D eigenvalue weighted by Crippen LogP contribution is 2.10. The van der Waals surface area contributed by atoms with Gasteiger partial charge in [-0.25, -0.2) is 0 Å². The summed E-state index contributed by atoms with van der Waals surface area (Å²) in [7, 11) is 1.41. The van der Waals surface area contributed by atoms with E-state index in [0.29, 0.717) is 6.42 Å². The van der Waals surface area contributed by atoms with E-state index in [9.17, 15) is 14.4 Å². The molecule has 2 atom stereocenters. The van der Waals surface area contributed by atoms with Crippen LogP contribution in [0.5, 0.6) is 0 Å². The molecule has 1 saturated heterocycles. The predicted octanol–water partition coefficient (Wildman–Crippen LogP) is -1.01. The third-order valence-corrected chi connectivity index (χ3v) is 2.69. The molecule has 6 heteroatoms. The van der Waals surface area contributed by atoms with Crippen LogP contribution < -0.4 is 11.1 Å². The Morgan fingerprint density at radius 1 is 1.62 bits per heavy atom. The number of nitrogens with zero attached hydrogens (tertiary/aromatic N) is 1. The van der Waals surface area contributed by atoms with Crippen molar-refractivity contribution in [3.8, 4) is 0 Å². The van der Waals surface area contributed by atoms with Gasteiger partial charge in [0.25, 0.3) is 5.91 Å². The zero-order valence-electron chi connectivity index (χ0n) is 9.53. The molecule has 0 aromatic carbocycles. The average Bonchev–Trinajstić information content (AvgIpc) is 2.46. The lowest BCUT2D eigenvalue weighted by Crippen LogP contribution is -2.42. The second-order valence-electron chi connectivity index (χ2n) is 3.99. The number of hydrogen-bond donors (Lipinski definition) is 2. The summed E-state index contributed by atoms with van der Waals surface area (Å²) in [5.41, 5.74) is 5.61. The number of imide groups is 1. The van der Waals surface area contributed by atoms with Gasteiger partial charge in [-0.3, -0.25) is 19.3 Å². The first-order valence-corrected chi connectivity index (χ1v) is 5.31. The van der Waals surface area contributed by atoms with Crippen molar-refractivity contribution in [2.45, 2.75) is 38.3 Å². The molecule has 1 fully saturated rings. The minimum atomic E-state index is -0.714. The fourth-order valence-corrected chi connectivity index (χ4v) is 1.50. The third-order valence-electron chi connectivity index (χ3n) is 2.69. The fourth-order valence-electron chi connectivity index (χ4n) is 1.50. The lowest BCUT2D eigenvalue weighted by molar-refractivity contribution is -0.138. The van der Waals surface area contributed by atoms with Crippen LogP contribution in [0.1, 0.15) is 26.2 Å². The minimum absolute atomic E-state index is 0.0441. The van der Waals surface area contributed by atoms with Gasteiger partial charge in [-0.2, -0.15) is 0 Å². The summed E-state index contributed by atoms with van der Waals surface area (Å²) in [5.74, 6) is -0.908. The highest BCUT2D eigenvalue weighted by molar-refractivity contribution is 6.06. The van der Waals surface area contributed by atoms with Gasteiger partial charge in [0.1, 0.15) is 6.04 Å². The van der Waals surface area contributed by atoms with Gasteiger partial charge in [-0.05, 0) is 6.42 Å². The first-order valence-electron chi connectivity index (χ1n) is 5.31. The molecular weight excluding hydrogens is 210 g/mol. The normalized spacial score (nSPS) is 22.4. The Morgan fingerprint density at radius 2 is 2.25 bits per heavy atom. The van der Waals surface area contributed by atoms with Crippen LogP contribution in [-0.4, -0.2) is 41.8 Å². The monoisotopic (exact) mass is 227 g/mol. The Hall–Kier alpha value is -1.43. The molecule has 0 spiro atoms. The van der Waals surface area contributed by atoms with Crippen LogP contribution in [0.15, 0.2) is 0 Å². The van der Waals surface area contributed by atoms with Crippen LogP contribution in [0.25, 0.3) is 0 Å². The van der Waals surface area contributed by atoms with E-state index in [-0.39, 0.29) is 36.6 Å². The lowest BCUT2D eigenvalue weighted by Gasteiger charge is -2.13. The maximum absolute atomic E-state index is 11.5. The van der Waals surface area contributed by atoms with Crippen LogP contribution in [0, 0.1) is 0 Å². The minimum Gasteiger partial charge on any atom is -0.344 e. The molecule has 90 valence electrons. The van der Waals surface area contributed by atoms with Crippen LogP contribution >= 0.6 is 0 Å². The number of carbonyl (C=O) groups is 3. The quantitative estimate of drug-likeness (QED) is 0.602. The van der Waals surface area contributed by atoms with Gasteiger partial charge in [0.15, 0.2) is 0 Å². The van der Waals surface area contributed by atoms with E-state index in [4.69, 9.17) is 5.73 Å². The highest BCUT2D eigenvalue weighted by Gasteiger charge is 2.36. The molecule has 2 unspecified atom stereocenters. The number of likely N-dealkylation sites (tertiary alicyclic amines) is 1. The van der Waals surface area contributed by atoms with Gasteiger partial charge < -0.3 is 11.1 Å². The second-order valence-corrected chi connectivity index (χ2v) is 3.99. The number of carbonyl (C=O) groups excluding carboxylic acids is 3. The van der Waals surface area contributed by atoms with Crippen molar-refractivity contribution in [2.24, 2.45) is 5.73 Å². The molecule has 16 heavy (non-hydrogen) atoms. The van der Waals surface area contributed by atoms with E-state index in [1.165, 1.54) is 7.05 Å². The highest BCUT2D eigenvalue weighted by atomic mass is 16.2. The van der Waals surface area contributed by atoms with Gasteiger partial charge in [-0.1, -0.05) is 6.92 Å². The lowest BCUT2D eigenvalue weighted by atomic mass is 10.1. The van der Waals surface area contributed by atoms with Gasteiger partial charge in [0.2, 0.25) is 11.8 Å². The molecule has 0 aromatic rings. The van der Waals surface area contributed by atoms with E-state index in [1.54, 1.807) is 0 Å². The average molecular weight is 227 g/mol. The summed E-state index contributed by atoms with van der Waals surface area (Å²) in [6.45, 7) is 1.88. The molecule has 1 rings (SSSR count). The summed E-state index contributed by atoms with van der Waals surface area (Å²) in [4.78, 5) is 35.1. The Balaban J connectivity index is 2.47. The number of likely N-dealkylation sites (N-methyl/N-ethyl adjacent to an activating group) is 1. The fraction of sp³-hybridized carbons (Fsp3) is 0.700. The van der Waals surface area contributed by atoms with Crippen molar-refractivity contribution in [3.63, 3.8) is 0 Å². The van der Waals surface area contributed by atoms with Crippen molar-refractivity contribution in [2.75, 3.05) is 7.05 Å². The van der Waals surface area contributed by atoms with Gasteiger partial charge in [-0.15, -0.1) is 0 Å². The molecule has 0 radical (unpaired) electrons. The molecule has 3 amide bonds. The first-order chi connectivity index (χ1) is 7.45. The van der Waals surface area contributed by atoms with E-state index in [1.807, 2.05) is 6.92 Å². The largest absolute Gasteiger partial charge is 0.344 e. The molecule has 3 N–H and O–H groups in total. The summed E-state index contributed by atoms with van der Waals surface area (Å²) in [6, 6.07) is -0.918. The molecule has 0 aliphatic carbocycles. The first kappa shape index (κ1) is 12.6. The molecule has 1 aliphatic rings. The number of nitrogens with one attached hydrogen (secondary N) is 1. The van der Waals surface area contributed by atoms with Crippen LogP contribution in [-0.2, 0) is 14.4 Å². The van der Waals surface area contributed by atoms with Gasteiger partial charge in [0.05, 0.1) is 6.42 Å². The molecule has 6 nitrogen and oxygen atoms in total. The Kier molecular flexibility index (Phi) is 4.00. The van der Waals surface area contributed by atoms with Crippen molar-refractivity contribution >= 4 is 17.7 Å². The molecule has 1 heterocycles. The number of rotatable bonds is 4. The van der Waals surface area contributed by atoms with E-state index < -0.39 is 6.04 Å². The molecule has 0 saturated carbocycles. The van der Waals surface area contributed by atoms with Crippen LogP contribution in [0.3, 0.4) is 0 Å². The molecular formula is C10H17N3O3. The zero-order valence-corrected chi connectivity index (χ0v) is 9.53. The Morgan fingerprint density at radius 3 is 2.69 bits per heavy atom. The van der Waals surface area contributed by atoms with Crippen molar-refractivity contribution < 1.29 is 14.4 Å². The summed E-state index contributed by atoms with van der Waals surface area (Å²) in [5, 5.41) is 2.52. The van der Waals surface area contributed by atoms with Gasteiger partial charge >= 0.3 is 0 Å².